The van der Waals surface area contributed by atoms with Gasteiger partial charge in [-0.15, -0.1) is 0 Å². The Bertz CT molecular complexity index is 1120. The van der Waals surface area contributed by atoms with Crippen LogP contribution in [0.2, 0.25) is 0 Å². The SMILES string of the molecule is NCCCC(NC(=O)c1cccnc1)N(Cc1ccccn1)C(c1ccccn1)c1ccccn1. The smallest absolute Gasteiger partial charge is 0.254 e. The molecular formula is C27H29N7O. The lowest BCUT2D eigenvalue weighted by molar-refractivity contribution is 0.0731. The van der Waals surface area contributed by atoms with Crippen molar-refractivity contribution in [1.82, 2.24) is 30.2 Å². The van der Waals surface area contributed by atoms with Crippen LogP contribution in [0.15, 0.2) is 97.7 Å². The average molecular weight is 468 g/mol. The van der Waals surface area contributed by atoms with Gasteiger partial charge in [0.15, 0.2) is 0 Å². The Morgan fingerprint density at radius 1 is 0.857 bits per heavy atom. The van der Waals surface area contributed by atoms with E-state index in [0.717, 1.165) is 23.5 Å². The van der Waals surface area contributed by atoms with E-state index in [9.17, 15) is 4.79 Å². The summed E-state index contributed by atoms with van der Waals surface area (Å²) in [6.07, 6.45) is 9.54. The van der Waals surface area contributed by atoms with Crippen molar-refractivity contribution in [3.8, 4) is 0 Å². The minimum Gasteiger partial charge on any atom is -0.336 e. The highest BCUT2D eigenvalue weighted by Gasteiger charge is 2.32. The predicted molar refractivity (Wildman–Crippen MR) is 134 cm³/mol. The summed E-state index contributed by atoms with van der Waals surface area (Å²) in [5, 5.41) is 3.22. The van der Waals surface area contributed by atoms with E-state index in [4.69, 9.17) is 5.73 Å². The maximum Gasteiger partial charge on any atom is 0.254 e. The molecule has 0 aliphatic heterocycles. The van der Waals surface area contributed by atoms with E-state index in [2.05, 4.69) is 30.2 Å². The normalized spacial score (nSPS) is 12.0. The summed E-state index contributed by atoms with van der Waals surface area (Å²) < 4.78 is 0. The molecule has 0 radical (unpaired) electrons. The van der Waals surface area contributed by atoms with Gasteiger partial charge in [0.25, 0.3) is 5.91 Å². The van der Waals surface area contributed by atoms with Gasteiger partial charge in [0.1, 0.15) is 0 Å². The number of carbonyl (C=O) groups is 1. The van der Waals surface area contributed by atoms with Crippen molar-refractivity contribution in [3.05, 3.63) is 120 Å². The fourth-order valence-corrected chi connectivity index (χ4v) is 3.99. The van der Waals surface area contributed by atoms with Crippen molar-refractivity contribution in [2.75, 3.05) is 6.54 Å². The average Bonchev–Trinajstić information content (AvgIpc) is 2.93. The zero-order chi connectivity index (χ0) is 24.3. The molecule has 0 fully saturated rings. The van der Waals surface area contributed by atoms with Gasteiger partial charge in [0.2, 0.25) is 0 Å². The molecule has 1 unspecified atom stereocenters. The molecule has 8 nitrogen and oxygen atoms in total. The molecule has 178 valence electrons. The van der Waals surface area contributed by atoms with Crippen LogP contribution in [-0.2, 0) is 6.54 Å². The molecule has 1 amide bonds. The van der Waals surface area contributed by atoms with Crippen molar-refractivity contribution < 1.29 is 4.79 Å². The molecule has 0 aliphatic rings. The number of nitrogens with one attached hydrogen (secondary N) is 1. The first-order valence-corrected chi connectivity index (χ1v) is 11.6. The molecule has 1 atom stereocenters. The summed E-state index contributed by atoms with van der Waals surface area (Å²) in [5.74, 6) is -0.202. The first kappa shape index (κ1) is 24.1. The monoisotopic (exact) mass is 467 g/mol. The standard InChI is InChI=1S/C27H29N7O/c28-14-7-13-25(33-27(35)21-9-8-15-29-19-21)34(20-22-10-1-4-16-30-22)26(23-11-2-5-17-31-23)24-12-3-6-18-32-24/h1-6,8-12,15-19,25-26H,7,13-14,20,28H2,(H,33,35). The Kier molecular flexibility index (Phi) is 8.58. The molecule has 8 heteroatoms. The summed E-state index contributed by atoms with van der Waals surface area (Å²) in [7, 11) is 0. The van der Waals surface area contributed by atoms with E-state index in [1.165, 1.54) is 0 Å². The molecule has 4 heterocycles. The van der Waals surface area contributed by atoms with Gasteiger partial charge in [-0.2, -0.15) is 0 Å². The minimum absolute atomic E-state index is 0.202. The van der Waals surface area contributed by atoms with Crippen molar-refractivity contribution >= 4 is 5.91 Å². The summed E-state index contributed by atoms with van der Waals surface area (Å²) >= 11 is 0. The summed E-state index contributed by atoms with van der Waals surface area (Å²) in [6, 6.07) is 20.7. The fourth-order valence-electron chi connectivity index (χ4n) is 3.99. The van der Waals surface area contributed by atoms with Crippen LogP contribution in [0.4, 0.5) is 0 Å². The second-order valence-corrected chi connectivity index (χ2v) is 8.07. The molecule has 35 heavy (non-hydrogen) atoms. The molecule has 0 aromatic carbocycles. The maximum absolute atomic E-state index is 13.2. The molecule has 0 aliphatic carbocycles. The van der Waals surface area contributed by atoms with E-state index >= 15 is 0 Å². The molecule has 0 saturated heterocycles. The number of hydrogen-bond acceptors (Lipinski definition) is 7. The van der Waals surface area contributed by atoms with Gasteiger partial charge < -0.3 is 11.1 Å². The van der Waals surface area contributed by atoms with Crippen LogP contribution >= 0.6 is 0 Å². The molecule has 0 bridgehead atoms. The second kappa shape index (κ2) is 12.5. The highest BCUT2D eigenvalue weighted by Crippen LogP contribution is 2.30. The quantitative estimate of drug-likeness (QED) is 0.326. The van der Waals surface area contributed by atoms with E-state index in [-0.39, 0.29) is 18.1 Å². The highest BCUT2D eigenvalue weighted by molar-refractivity contribution is 5.93. The van der Waals surface area contributed by atoms with Gasteiger partial charge in [0.05, 0.1) is 34.9 Å². The third kappa shape index (κ3) is 6.53. The number of nitrogens with two attached hydrogens (primary N) is 1. The summed E-state index contributed by atoms with van der Waals surface area (Å²) in [4.78, 5) is 33.4. The van der Waals surface area contributed by atoms with Crippen LogP contribution in [-0.4, -0.2) is 43.5 Å². The Labute approximate surface area is 205 Å². The van der Waals surface area contributed by atoms with Crippen LogP contribution < -0.4 is 11.1 Å². The van der Waals surface area contributed by atoms with E-state index < -0.39 is 0 Å². The van der Waals surface area contributed by atoms with E-state index in [1.807, 2.05) is 54.6 Å². The third-order valence-corrected chi connectivity index (χ3v) is 5.64. The van der Waals surface area contributed by atoms with Crippen LogP contribution in [0.5, 0.6) is 0 Å². The van der Waals surface area contributed by atoms with Crippen molar-refractivity contribution in [1.29, 1.82) is 0 Å². The van der Waals surface area contributed by atoms with Crippen LogP contribution in [0.25, 0.3) is 0 Å². The number of hydrogen-bond donors (Lipinski definition) is 2. The molecular weight excluding hydrogens is 438 g/mol. The number of nitrogens with zero attached hydrogens (tertiary/aromatic N) is 5. The number of aromatic nitrogens is 4. The van der Waals surface area contributed by atoms with Crippen LogP contribution in [0.3, 0.4) is 0 Å². The van der Waals surface area contributed by atoms with Crippen molar-refractivity contribution in [3.63, 3.8) is 0 Å². The van der Waals surface area contributed by atoms with Gasteiger partial charge >= 0.3 is 0 Å². The number of carbonyl (C=O) groups excluding carboxylic acids is 1. The van der Waals surface area contributed by atoms with Crippen molar-refractivity contribution in [2.24, 2.45) is 5.73 Å². The zero-order valence-electron chi connectivity index (χ0n) is 19.4. The zero-order valence-corrected chi connectivity index (χ0v) is 19.4. The molecule has 4 aromatic rings. The molecule has 0 spiro atoms. The highest BCUT2D eigenvalue weighted by atomic mass is 16.1. The lowest BCUT2D eigenvalue weighted by Gasteiger charge is -2.38. The molecule has 0 saturated carbocycles. The number of rotatable bonds is 11. The van der Waals surface area contributed by atoms with Gasteiger partial charge in [-0.1, -0.05) is 18.2 Å². The first-order chi connectivity index (χ1) is 17.3. The Morgan fingerprint density at radius 2 is 1.54 bits per heavy atom. The number of amides is 1. The maximum atomic E-state index is 13.2. The van der Waals surface area contributed by atoms with Crippen LogP contribution in [0, 0.1) is 0 Å². The summed E-state index contributed by atoms with van der Waals surface area (Å²) in [5.41, 5.74) is 8.92. The Morgan fingerprint density at radius 3 is 2.09 bits per heavy atom. The fraction of sp³-hybridized carbons (Fsp3) is 0.222. The lowest BCUT2D eigenvalue weighted by atomic mass is 10.0. The first-order valence-electron chi connectivity index (χ1n) is 11.6. The number of pyridine rings is 4. The van der Waals surface area contributed by atoms with Gasteiger partial charge in [-0.25, -0.2) is 0 Å². The summed E-state index contributed by atoms with van der Waals surface area (Å²) in [6.45, 7) is 0.982. The predicted octanol–water partition coefficient (Wildman–Crippen LogP) is 3.35. The molecule has 4 rings (SSSR count). The largest absolute Gasteiger partial charge is 0.336 e. The van der Waals surface area contributed by atoms with Crippen molar-refractivity contribution in [2.45, 2.75) is 31.6 Å². The minimum atomic E-state index is -0.359. The van der Waals surface area contributed by atoms with Gasteiger partial charge in [0, 0.05) is 37.5 Å². The Hall–Kier alpha value is -4.01. The second-order valence-electron chi connectivity index (χ2n) is 8.07. The van der Waals surface area contributed by atoms with Gasteiger partial charge in [-0.05, 0) is 67.9 Å². The van der Waals surface area contributed by atoms with Crippen LogP contribution in [0.1, 0.15) is 46.3 Å². The lowest BCUT2D eigenvalue weighted by Crippen LogP contribution is -2.50. The molecule has 3 N–H and O–H groups in total. The topological polar surface area (TPSA) is 110 Å². The van der Waals surface area contributed by atoms with E-state index in [0.29, 0.717) is 25.1 Å². The third-order valence-electron chi connectivity index (χ3n) is 5.64. The van der Waals surface area contributed by atoms with Gasteiger partial charge in [-0.3, -0.25) is 29.6 Å². The van der Waals surface area contributed by atoms with E-state index in [1.54, 1.807) is 43.1 Å². The molecule has 4 aromatic heterocycles. The Balaban J connectivity index is 1.78.